The molecule has 6 heteroatoms. The zero-order valence-corrected chi connectivity index (χ0v) is 16.4. The molecule has 1 N–H and O–H groups in total. The molecule has 0 aliphatic heterocycles. The lowest BCUT2D eigenvalue weighted by Gasteiger charge is -2.05. The topological polar surface area (TPSA) is 43.6 Å². The first-order chi connectivity index (χ1) is 11.7. The molecule has 0 saturated carbocycles. The van der Waals surface area contributed by atoms with E-state index < -0.39 is 0 Å². The van der Waals surface area contributed by atoms with Crippen molar-refractivity contribution in [2.45, 2.75) is 32.7 Å². The van der Waals surface area contributed by atoms with E-state index in [1.165, 1.54) is 6.42 Å². The van der Waals surface area contributed by atoms with Crippen LogP contribution in [-0.2, 0) is 11.3 Å². The van der Waals surface area contributed by atoms with E-state index in [1.54, 1.807) is 7.11 Å². The summed E-state index contributed by atoms with van der Waals surface area (Å²) >= 11 is 6.16. The summed E-state index contributed by atoms with van der Waals surface area (Å²) in [5.41, 5.74) is 0.941. The number of unbranched alkanes of at least 4 members (excludes halogenated alkanes) is 1. The molecule has 1 heterocycles. The summed E-state index contributed by atoms with van der Waals surface area (Å²) in [4.78, 5) is 0. The summed E-state index contributed by atoms with van der Waals surface area (Å²) in [6.07, 6.45) is 3.32. The van der Waals surface area contributed by atoms with Crippen molar-refractivity contribution < 1.29 is 13.9 Å². The van der Waals surface area contributed by atoms with Gasteiger partial charge < -0.3 is 19.2 Å². The van der Waals surface area contributed by atoms with Gasteiger partial charge in [-0.3, -0.25) is 0 Å². The molecule has 2 aromatic rings. The monoisotopic (exact) mass is 387 g/mol. The maximum atomic E-state index is 6.16. The SMILES string of the molecule is CCCCOCCCNCc1ccc(-c2ccc(OC)c(Cl)c2)o1.Cl. The number of nitrogens with one attached hydrogen (secondary N) is 1. The van der Waals surface area contributed by atoms with Crippen molar-refractivity contribution in [3.63, 3.8) is 0 Å². The van der Waals surface area contributed by atoms with E-state index in [-0.39, 0.29) is 12.4 Å². The Morgan fingerprint density at radius 1 is 1.12 bits per heavy atom. The second-order valence-corrected chi connectivity index (χ2v) is 6.02. The predicted molar refractivity (Wildman–Crippen MR) is 105 cm³/mol. The summed E-state index contributed by atoms with van der Waals surface area (Å²) in [5.74, 6) is 2.37. The quantitative estimate of drug-likeness (QED) is 0.529. The molecule has 0 aliphatic rings. The Labute approximate surface area is 161 Å². The molecule has 0 spiro atoms. The number of rotatable bonds is 11. The zero-order valence-electron chi connectivity index (χ0n) is 14.8. The second kappa shape index (κ2) is 12.2. The lowest BCUT2D eigenvalue weighted by molar-refractivity contribution is 0.128. The molecule has 0 aliphatic carbocycles. The Bertz CT molecular complexity index is 616. The van der Waals surface area contributed by atoms with Crippen LogP contribution in [0.1, 0.15) is 31.9 Å². The van der Waals surface area contributed by atoms with E-state index >= 15 is 0 Å². The molecule has 140 valence electrons. The highest BCUT2D eigenvalue weighted by molar-refractivity contribution is 6.32. The molecule has 0 saturated heterocycles. The molecule has 0 amide bonds. The van der Waals surface area contributed by atoms with Crippen LogP contribution in [0, 0.1) is 0 Å². The van der Waals surface area contributed by atoms with Crippen LogP contribution in [0.3, 0.4) is 0 Å². The predicted octanol–water partition coefficient (Wildman–Crippen LogP) is 5.33. The number of ether oxygens (including phenoxy) is 2. The summed E-state index contributed by atoms with van der Waals surface area (Å²) < 4.78 is 16.6. The van der Waals surface area contributed by atoms with Gasteiger partial charge in [-0.2, -0.15) is 0 Å². The van der Waals surface area contributed by atoms with Gasteiger partial charge in [0.25, 0.3) is 0 Å². The average molecular weight is 388 g/mol. The van der Waals surface area contributed by atoms with Crippen molar-refractivity contribution in [3.8, 4) is 17.1 Å². The van der Waals surface area contributed by atoms with E-state index in [9.17, 15) is 0 Å². The number of hydrogen-bond donors (Lipinski definition) is 1. The van der Waals surface area contributed by atoms with Gasteiger partial charge in [0.15, 0.2) is 0 Å². The van der Waals surface area contributed by atoms with E-state index in [1.807, 2.05) is 30.3 Å². The standard InChI is InChI=1S/C19H26ClNO3.ClH/c1-3-4-11-23-12-5-10-21-14-16-7-9-18(24-16)15-6-8-19(22-2)17(20)13-15;/h6-9,13,21H,3-5,10-12,14H2,1-2H3;1H. The molecule has 0 radical (unpaired) electrons. The summed E-state index contributed by atoms with van der Waals surface area (Å²) in [6, 6.07) is 9.58. The lowest BCUT2D eigenvalue weighted by Crippen LogP contribution is -2.16. The third-order valence-corrected chi connectivity index (χ3v) is 3.98. The first-order valence-electron chi connectivity index (χ1n) is 8.45. The number of furan rings is 1. The molecular weight excluding hydrogens is 361 g/mol. The molecule has 0 bridgehead atoms. The van der Waals surface area contributed by atoms with Crippen LogP contribution in [0.2, 0.25) is 5.02 Å². The van der Waals surface area contributed by atoms with Gasteiger partial charge >= 0.3 is 0 Å². The van der Waals surface area contributed by atoms with E-state index in [0.717, 1.165) is 49.7 Å². The van der Waals surface area contributed by atoms with Crippen LogP contribution >= 0.6 is 24.0 Å². The fourth-order valence-corrected chi connectivity index (χ4v) is 2.56. The van der Waals surface area contributed by atoms with Gasteiger partial charge in [0.2, 0.25) is 0 Å². The summed E-state index contributed by atoms with van der Waals surface area (Å²) in [7, 11) is 1.60. The fourth-order valence-electron chi connectivity index (χ4n) is 2.31. The molecule has 1 aromatic heterocycles. The van der Waals surface area contributed by atoms with Crippen molar-refractivity contribution in [3.05, 3.63) is 41.1 Å². The average Bonchev–Trinajstić information content (AvgIpc) is 3.06. The molecule has 0 fully saturated rings. The van der Waals surface area contributed by atoms with Gasteiger partial charge in [-0.05, 0) is 49.7 Å². The van der Waals surface area contributed by atoms with Crippen LogP contribution < -0.4 is 10.1 Å². The molecule has 25 heavy (non-hydrogen) atoms. The first kappa shape index (κ1) is 21.8. The second-order valence-electron chi connectivity index (χ2n) is 5.61. The maximum absolute atomic E-state index is 6.16. The van der Waals surface area contributed by atoms with Gasteiger partial charge in [-0.15, -0.1) is 12.4 Å². The highest BCUT2D eigenvalue weighted by Crippen LogP contribution is 2.31. The summed E-state index contributed by atoms with van der Waals surface area (Å²) in [6.45, 7) is 5.46. The highest BCUT2D eigenvalue weighted by Gasteiger charge is 2.08. The van der Waals surface area contributed by atoms with Crippen LogP contribution in [0.15, 0.2) is 34.7 Å². The van der Waals surface area contributed by atoms with Crippen molar-refractivity contribution in [1.29, 1.82) is 0 Å². The van der Waals surface area contributed by atoms with E-state index in [2.05, 4.69) is 12.2 Å². The Morgan fingerprint density at radius 3 is 2.64 bits per heavy atom. The number of hydrogen-bond acceptors (Lipinski definition) is 4. The van der Waals surface area contributed by atoms with Crippen molar-refractivity contribution in [2.75, 3.05) is 26.9 Å². The minimum absolute atomic E-state index is 0. The zero-order chi connectivity index (χ0) is 17.2. The Kier molecular flexibility index (Phi) is 10.7. The Balaban J connectivity index is 0.00000312. The number of methoxy groups -OCH3 is 1. The normalized spacial score (nSPS) is 10.5. The van der Waals surface area contributed by atoms with Gasteiger partial charge in [0.1, 0.15) is 17.3 Å². The minimum Gasteiger partial charge on any atom is -0.495 e. The fraction of sp³-hybridized carbons (Fsp3) is 0.474. The maximum Gasteiger partial charge on any atom is 0.137 e. The van der Waals surface area contributed by atoms with Crippen molar-refractivity contribution in [1.82, 2.24) is 5.32 Å². The third-order valence-electron chi connectivity index (χ3n) is 3.68. The number of halogens is 2. The van der Waals surface area contributed by atoms with Crippen molar-refractivity contribution in [2.24, 2.45) is 0 Å². The van der Waals surface area contributed by atoms with Crippen LogP contribution in [0.5, 0.6) is 5.75 Å². The molecule has 2 rings (SSSR count). The third kappa shape index (κ3) is 7.28. The van der Waals surface area contributed by atoms with Crippen LogP contribution in [-0.4, -0.2) is 26.9 Å². The van der Waals surface area contributed by atoms with E-state index in [0.29, 0.717) is 17.3 Å². The Morgan fingerprint density at radius 2 is 1.92 bits per heavy atom. The molecule has 0 atom stereocenters. The number of benzene rings is 1. The first-order valence-corrected chi connectivity index (χ1v) is 8.83. The smallest absolute Gasteiger partial charge is 0.137 e. The van der Waals surface area contributed by atoms with Gasteiger partial charge in [0, 0.05) is 18.8 Å². The minimum atomic E-state index is 0. The molecule has 0 unspecified atom stereocenters. The van der Waals surface area contributed by atoms with Gasteiger partial charge in [-0.1, -0.05) is 24.9 Å². The van der Waals surface area contributed by atoms with Crippen LogP contribution in [0.4, 0.5) is 0 Å². The lowest BCUT2D eigenvalue weighted by atomic mass is 10.2. The largest absolute Gasteiger partial charge is 0.495 e. The van der Waals surface area contributed by atoms with Gasteiger partial charge in [0.05, 0.1) is 18.7 Å². The van der Waals surface area contributed by atoms with Gasteiger partial charge in [-0.25, -0.2) is 0 Å². The Hall–Kier alpha value is -1.20. The molecular formula is C19H27Cl2NO3. The summed E-state index contributed by atoms with van der Waals surface area (Å²) in [5, 5.41) is 3.95. The van der Waals surface area contributed by atoms with Crippen molar-refractivity contribution >= 4 is 24.0 Å². The molecule has 4 nitrogen and oxygen atoms in total. The van der Waals surface area contributed by atoms with Crippen LogP contribution in [0.25, 0.3) is 11.3 Å². The van der Waals surface area contributed by atoms with E-state index in [4.69, 9.17) is 25.5 Å². The molecule has 1 aromatic carbocycles. The highest BCUT2D eigenvalue weighted by atomic mass is 35.5.